The van der Waals surface area contributed by atoms with Crippen molar-refractivity contribution in [1.29, 1.82) is 0 Å². The molecule has 0 atom stereocenters. The number of nitro groups is 2. The number of rotatable bonds is 4. The highest BCUT2D eigenvalue weighted by atomic mass is 35.5. The fourth-order valence-electron chi connectivity index (χ4n) is 3.11. The molecule has 0 unspecified atom stereocenters. The number of alkyl halides is 6. The predicted octanol–water partition coefficient (Wildman–Crippen LogP) is 9.78. The van der Waals surface area contributed by atoms with Crippen molar-refractivity contribution in [2.45, 2.75) is 26.2 Å². The number of hydrogen-bond acceptors (Lipinski definition) is 8. The second-order valence-corrected chi connectivity index (χ2v) is 9.72. The highest BCUT2D eigenvalue weighted by molar-refractivity contribution is 6.31. The molecule has 0 radical (unpaired) electrons. The van der Waals surface area contributed by atoms with E-state index in [2.05, 4.69) is 9.97 Å². The summed E-state index contributed by atoms with van der Waals surface area (Å²) in [5.74, 6) is -0.636. The van der Waals surface area contributed by atoms with Gasteiger partial charge in [-0.15, -0.1) is 0 Å². The lowest BCUT2D eigenvalue weighted by Gasteiger charge is -2.11. The Morgan fingerprint density at radius 3 is 1.64 bits per heavy atom. The molecule has 2 aromatic carbocycles. The molecule has 0 amide bonds. The van der Waals surface area contributed by atoms with Gasteiger partial charge in [-0.05, 0) is 56.3 Å². The molecule has 0 fully saturated rings. The van der Waals surface area contributed by atoms with Crippen molar-refractivity contribution >= 4 is 46.2 Å². The van der Waals surface area contributed by atoms with Crippen LogP contribution in [0.3, 0.4) is 0 Å². The number of benzene rings is 2. The Morgan fingerprint density at radius 1 is 0.733 bits per heavy atom. The van der Waals surface area contributed by atoms with Crippen LogP contribution in [0.1, 0.15) is 22.3 Å². The van der Waals surface area contributed by atoms with Gasteiger partial charge in [0.05, 0.1) is 31.0 Å². The van der Waals surface area contributed by atoms with Gasteiger partial charge in [0.25, 0.3) is 11.4 Å². The lowest BCUT2D eigenvalue weighted by molar-refractivity contribution is -0.385. The maximum Gasteiger partial charge on any atom is 0.417 e. The zero-order valence-electron chi connectivity index (χ0n) is 22.5. The summed E-state index contributed by atoms with van der Waals surface area (Å²) in [6.45, 7) is 3.08. The van der Waals surface area contributed by atoms with Crippen molar-refractivity contribution in [3.05, 3.63) is 119 Å². The Balaban J connectivity index is 0.000000259. The Labute approximate surface area is 264 Å². The van der Waals surface area contributed by atoms with E-state index in [-0.39, 0.29) is 33.7 Å². The van der Waals surface area contributed by atoms with Gasteiger partial charge in [0.1, 0.15) is 29.0 Å². The highest BCUT2D eigenvalue weighted by Crippen LogP contribution is 2.38. The smallest absolute Gasteiger partial charge is 0.417 e. The van der Waals surface area contributed by atoms with Crippen molar-refractivity contribution < 1.29 is 46.0 Å². The number of hydrogen-bond donors (Lipinski definition) is 1. The third-order valence-electron chi connectivity index (χ3n) is 5.22. The summed E-state index contributed by atoms with van der Waals surface area (Å²) in [5.41, 5.74) is -1.47. The summed E-state index contributed by atoms with van der Waals surface area (Å²) in [4.78, 5) is 27.1. The topological polar surface area (TPSA) is 142 Å². The fourth-order valence-corrected chi connectivity index (χ4v) is 3.77. The number of phenols is 1. The number of aromatic hydroxyl groups is 1. The van der Waals surface area contributed by atoms with Gasteiger partial charge in [-0.25, -0.2) is 9.97 Å². The quantitative estimate of drug-likeness (QED) is 0.0959. The number of nitrogens with zero attached hydrogens (tertiary/aromatic N) is 4. The largest absolute Gasteiger partial charge is 0.508 e. The number of aryl methyl sites for hydroxylation is 2. The number of halogens is 9. The van der Waals surface area contributed by atoms with Crippen LogP contribution < -0.4 is 4.74 Å². The Hall–Kier alpha value is -4.41. The molecule has 2 heterocycles. The van der Waals surface area contributed by atoms with E-state index in [9.17, 15) is 46.6 Å². The molecule has 19 heteroatoms. The molecule has 10 nitrogen and oxygen atoms in total. The summed E-state index contributed by atoms with van der Waals surface area (Å²) in [6.07, 6.45) is -7.01. The van der Waals surface area contributed by atoms with Crippen molar-refractivity contribution in [2.24, 2.45) is 0 Å². The molecule has 0 aliphatic carbocycles. The van der Waals surface area contributed by atoms with E-state index >= 15 is 0 Å². The Bertz CT molecular complexity index is 1710. The lowest BCUT2D eigenvalue weighted by Crippen LogP contribution is -2.06. The Morgan fingerprint density at radius 2 is 1.20 bits per heavy atom. The van der Waals surface area contributed by atoms with Crippen LogP contribution in [-0.4, -0.2) is 24.9 Å². The van der Waals surface area contributed by atoms with Gasteiger partial charge < -0.3 is 9.84 Å². The van der Waals surface area contributed by atoms with Crippen LogP contribution in [0.5, 0.6) is 17.4 Å². The molecular weight excluding hydrogens is 685 g/mol. The third-order valence-corrected chi connectivity index (χ3v) is 6.09. The van der Waals surface area contributed by atoms with E-state index in [0.29, 0.717) is 11.6 Å². The van der Waals surface area contributed by atoms with E-state index in [0.717, 1.165) is 36.7 Å². The normalized spacial score (nSPS) is 11.0. The molecule has 0 aliphatic heterocycles. The summed E-state index contributed by atoms with van der Waals surface area (Å²) in [6, 6.07) is 8.44. The van der Waals surface area contributed by atoms with Gasteiger partial charge in [-0.1, -0.05) is 34.8 Å². The van der Waals surface area contributed by atoms with E-state index < -0.39 is 49.1 Å². The number of pyridine rings is 2. The van der Waals surface area contributed by atoms with Crippen LogP contribution in [0.15, 0.2) is 60.9 Å². The van der Waals surface area contributed by atoms with Gasteiger partial charge in [-0.2, -0.15) is 26.3 Å². The Kier molecular flexibility index (Phi) is 12.3. The number of phenolic OH excluding ortho intramolecular Hbond substituents is 1. The molecule has 1 N–H and O–H groups in total. The lowest BCUT2D eigenvalue weighted by atomic mass is 10.2. The van der Waals surface area contributed by atoms with E-state index in [1.54, 1.807) is 6.92 Å². The predicted molar refractivity (Wildman–Crippen MR) is 151 cm³/mol. The number of aromatic nitrogens is 2. The zero-order valence-corrected chi connectivity index (χ0v) is 24.7. The summed E-state index contributed by atoms with van der Waals surface area (Å²) < 4.78 is 79.5. The number of ether oxygens (including phenoxy) is 1. The first-order valence-corrected chi connectivity index (χ1v) is 12.8. The molecule has 2 aromatic heterocycles. The standard InChI is InChI=1S/C13H8ClF3N2O3.C7H4ClF3O.C6H5ClN2O2/c1-7-4-12(18-6-11(7)19(20)21)22-8-2-3-10(14)9(5-8)13(15,16)17;8-6-2-1-4(12)3-5(6)7(9,10)11;1-4-2-6(7)8-3-5(4)9(10)11/h2-6H,1H3;1-3,12H;2-3H,1H3. The van der Waals surface area contributed by atoms with E-state index in [1.807, 2.05) is 0 Å². The van der Waals surface area contributed by atoms with Crippen LogP contribution in [0.4, 0.5) is 37.7 Å². The minimum absolute atomic E-state index is 0.00519. The first-order valence-electron chi connectivity index (χ1n) is 11.7. The van der Waals surface area contributed by atoms with Crippen LogP contribution in [0.2, 0.25) is 15.2 Å². The molecule has 0 saturated heterocycles. The summed E-state index contributed by atoms with van der Waals surface area (Å²) in [5, 5.41) is 29.1. The second-order valence-electron chi connectivity index (χ2n) is 8.52. The third kappa shape index (κ3) is 10.9. The van der Waals surface area contributed by atoms with Crippen LogP contribution in [0.25, 0.3) is 0 Å². The molecule has 0 saturated carbocycles. The van der Waals surface area contributed by atoms with E-state index in [1.165, 1.54) is 25.1 Å². The molecule has 0 aliphatic rings. The van der Waals surface area contributed by atoms with Gasteiger partial charge >= 0.3 is 12.4 Å². The minimum Gasteiger partial charge on any atom is -0.508 e. The average molecular weight is 702 g/mol. The molecule has 0 spiro atoms. The van der Waals surface area contributed by atoms with E-state index in [4.69, 9.17) is 44.6 Å². The van der Waals surface area contributed by atoms with Gasteiger partial charge in [-0.3, -0.25) is 20.2 Å². The first kappa shape index (κ1) is 36.8. The van der Waals surface area contributed by atoms with Crippen molar-refractivity contribution in [3.63, 3.8) is 0 Å². The molecule has 45 heavy (non-hydrogen) atoms. The summed E-state index contributed by atoms with van der Waals surface area (Å²) >= 11 is 16.2. The maximum atomic E-state index is 12.7. The van der Waals surface area contributed by atoms with Crippen molar-refractivity contribution in [2.75, 3.05) is 0 Å². The van der Waals surface area contributed by atoms with Crippen LogP contribution >= 0.6 is 34.8 Å². The van der Waals surface area contributed by atoms with Gasteiger partial charge in [0.15, 0.2) is 0 Å². The fraction of sp³-hybridized carbons (Fsp3) is 0.154. The second kappa shape index (κ2) is 15.0. The summed E-state index contributed by atoms with van der Waals surface area (Å²) in [7, 11) is 0. The zero-order chi connectivity index (χ0) is 34.3. The van der Waals surface area contributed by atoms with Gasteiger partial charge in [0.2, 0.25) is 5.88 Å². The molecule has 4 rings (SSSR count). The molecular formula is C26H17Cl3F6N4O6. The van der Waals surface area contributed by atoms with Crippen molar-refractivity contribution in [1.82, 2.24) is 9.97 Å². The molecule has 4 aromatic rings. The minimum atomic E-state index is -4.62. The van der Waals surface area contributed by atoms with Crippen LogP contribution in [-0.2, 0) is 12.4 Å². The van der Waals surface area contributed by atoms with Crippen LogP contribution in [0, 0.1) is 34.1 Å². The molecule has 0 bridgehead atoms. The maximum absolute atomic E-state index is 12.7. The van der Waals surface area contributed by atoms with Crippen molar-refractivity contribution in [3.8, 4) is 17.4 Å². The highest BCUT2D eigenvalue weighted by Gasteiger charge is 2.34. The molecule has 240 valence electrons. The first-order chi connectivity index (χ1) is 20.7. The average Bonchev–Trinajstić information content (AvgIpc) is 2.90. The monoisotopic (exact) mass is 700 g/mol. The SMILES string of the molecule is Cc1cc(Cl)ncc1[N+](=O)[O-].Cc1cc(Oc2ccc(Cl)c(C(F)(F)F)c2)ncc1[N+](=O)[O-].Oc1ccc(Cl)c(C(F)(F)F)c1. The van der Waals surface area contributed by atoms with Gasteiger partial charge in [0, 0.05) is 17.2 Å².